The van der Waals surface area contributed by atoms with E-state index < -0.39 is 22.5 Å². The SMILES string of the molecule is COc1ccc(N(CC(=O)N/N=C\c2cc(C)n(-c3ccc(C)c(C)c3)c2C)S(=O)(=O)c2ccc(NC(C)=O)cc2)cc1. The number of nitrogens with zero attached hydrogens (tertiary/aromatic N) is 3. The number of hydrazone groups is 1. The summed E-state index contributed by atoms with van der Waals surface area (Å²) in [5.41, 5.74) is 9.39. The third kappa shape index (κ3) is 7.12. The fraction of sp³-hybridized carbons (Fsp3) is 0.219. The lowest BCUT2D eigenvalue weighted by Crippen LogP contribution is -2.39. The average molecular weight is 602 g/mol. The highest BCUT2D eigenvalue weighted by Gasteiger charge is 2.27. The largest absolute Gasteiger partial charge is 0.497 e. The molecule has 0 atom stereocenters. The van der Waals surface area contributed by atoms with Gasteiger partial charge in [-0.05, 0) is 106 Å². The van der Waals surface area contributed by atoms with Crippen LogP contribution in [0.3, 0.4) is 0 Å². The van der Waals surface area contributed by atoms with E-state index in [1.165, 1.54) is 49.4 Å². The number of ether oxygens (including phenoxy) is 1. The van der Waals surface area contributed by atoms with Gasteiger partial charge >= 0.3 is 0 Å². The van der Waals surface area contributed by atoms with Crippen molar-refractivity contribution in [2.45, 2.75) is 39.5 Å². The fourth-order valence-electron chi connectivity index (χ4n) is 4.62. The average Bonchev–Trinajstić information content (AvgIpc) is 3.25. The van der Waals surface area contributed by atoms with Gasteiger partial charge < -0.3 is 14.6 Å². The van der Waals surface area contributed by atoms with Crippen molar-refractivity contribution in [2.24, 2.45) is 5.10 Å². The maximum absolute atomic E-state index is 13.7. The lowest BCUT2D eigenvalue weighted by atomic mass is 10.1. The molecule has 0 spiro atoms. The highest BCUT2D eigenvalue weighted by molar-refractivity contribution is 7.92. The van der Waals surface area contributed by atoms with Crippen LogP contribution in [0.15, 0.2) is 82.8 Å². The normalized spacial score (nSPS) is 11.4. The second kappa shape index (κ2) is 13.0. The van der Waals surface area contributed by atoms with Crippen molar-refractivity contribution in [3.63, 3.8) is 0 Å². The Morgan fingerprint density at radius 1 is 0.930 bits per heavy atom. The lowest BCUT2D eigenvalue weighted by Gasteiger charge is -2.24. The Labute approximate surface area is 252 Å². The number of nitrogens with one attached hydrogen (secondary N) is 2. The van der Waals surface area contributed by atoms with Crippen LogP contribution in [0, 0.1) is 27.7 Å². The topological polar surface area (TPSA) is 122 Å². The summed E-state index contributed by atoms with van der Waals surface area (Å²) in [6.45, 7) is 8.95. The van der Waals surface area contributed by atoms with Crippen molar-refractivity contribution in [1.82, 2.24) is 9.99 Å². The van der Waals surface area contributed by atoms with Crippen molar-refractivity contribution < 1.29 is 22.7 Å². The van der Waals surface area contributed by atoms with Crippen molar-refractivity contribution in [3.05, 3.63) is 101 Å². The summed E-state index contributed by atoms with van der Waals surface area (Å²) >= 11 is 0. The van der Waals surface area contributed by atoms with E-state index in [2.05, 4.69) is 52.5 Å². The summed E-state index contributed by atoms with van der Waals surface area (Å²) in [5.74, 6) is -0.374. The van der Waals surface area contributed by atoms with Gasteiger partial charge in [0.1, 0.15) is 12.3 Å². The summed E-state index contributed by atoms with van der Waals surface area (Å²) in [6, 6.07) is 20.3. The van der Waals surface area contributed by atoms with E-state index >= 15 is 0 Å². The van der Waals surface area contributed by atoms with Crippen LogP contribution in [0.2, 0.25) is 0 Å². The first-order chi connectivity index (χ1) is 20.4. The molecule has 11 heteroatoms. The van der Waals surface area contributed by atoms with Gasteiger partial charge in [-0.3, -0.25) is 13.9 Å². The number of carbonyl (C=O) groups excluding carboxylic acids is 2. The number of aryl methyl sites for hydroxylation is 3. The van der Waals surface area contributed by atoms with E-state index in [0.717, 1.165) is 26.9 Å². The first kappa shape index (κ1) is 31.0. The Morgan fingerprint density at radius 3 is 2.21 bits per heavy atom. The molecule has 0 saturated carbocycles. The number of methoxy groups -OCH3 is 1. The van der Waals surface area contributed by atoms with Crippen LogP contribution in [0.1, 0.15) is 35.0 Å². The van der Waals surface area contributed by atoms with Crippen molar-refractivity contribution in [2.75, 3.05) is 23.3 Å². The standard InChI is InChI=1S/C32H35N5O5S/c1-21-7-10-29(17-22(21)2)37-23(3)18-26(24(37)4)19-33-35-32(39)20-36(28-11-13-30(42-6)14-12-28)43(40,41)31-15-8-27(9-16-31)34-25(5)38/h7-19H,20H2,1-6H3,(H,34,38)(H,35,39)/b33-19-. The van der Waals surface area contributed by atoms with Gasteiger partial charge in [0.05, 0.1) is 23.9 Å². The van der Waals surface area contributed by atoms with Crippen LogP contribution in [-0.2, 0) is 19.6 Å². The summed E-state index contributed by atoms with van der Waals surface area (Å²) in [6.07, 6.45) is 1.55. The zero-order valence-corrected chi connectivity index (χ0v) is 25.8. The smallest absolute Gasteiger partial charge is 0.264 e. The summed E-state index contributed by atoms with van der Waals surface area (Å²) < 4.78 is 35.7. The molecule has 43 heavy (non-hydrogen) atoms. The molecule has 0 aliphatic rings. The number of hydrogen-bond donors (Lipinski definition) is 2. The second-order valence-electron chi connectivity index (χ2n) is 10.1. The molecule has 10 nitrogen and oxygen atoms in total. The number of carbonyl (C=O) groups is 2. The van der Waals surface area contributed by atoms with Crippen LogP contribution in [0.5, 0.6) is 5.75 Å². The van der Waals surface area contributed by atoms with E-state index in [9.17, 15) is 18.0 Å². The van der Waals surface area contributed by atoms with E-state index in [-0.39, 0.29) is 16.5 Å². The number of amides is 2. The van der Waals surface area contributed by atoms with Crippen LogP contribution < -0.4 is 19.8 Å². The molecule has 1 aromatic heterocycles. The van der Waals surface area contributed by atoms with Crippen molar-refractivity contribution in [3.8, 4) is 11.4 Å². The van der Waals surface area contributed by atoms with E-state index in [0.29, 0.717) is 11.4 Å². The first-order valence-electron chi connectivity index (χ1n) is 13.5. The molecule has 0 unspecified atom stereocenters. The fourth-order valence-corrected chi connectivity index (χ4v) is 6.05. The van der Waals surface area contributed by atoms with Crippen LogP contribution in [-0.4, -0.2) is 44.7 Å². The number of benzene rings is 3. The molecular weight excluding hydrogens is 566 g/mol. The number of sulfonamides is 1. The predicted molar refractivity (Wildman–Crippen MR) is 169 cm³/mol. The van der Waals surface area contributed by atoms with Gasteiger partial charge in [-0.1, -0.05) is 6.07 Å². The minimum absolute atomic E-state index is 0.0486. The van der Waals surface area contributed by atoms with Gasteiger partial charge in [-0.25, -0.2) is 13.8 Å². The Kier molecular flexibility index (Phi) is 9.35. The quantitative estimate of drug-likeness (QED) is 0.195. The summed E-state index contributed by atoms with van der Waals surface area (Å²) in [5, 5.41) is 6.74. The van der Waals surface area contributed by atoms with Crippen molar-refractivity contribution >= 4 is 39.4 Å². The van der Waals surface area contributed by atoms with Gasteiger partial charge in [0.2, 0.25) is 5.91 Å². The molecule has 0 radical (unpaired) electrons. The van der Waals surface area contributed by atoms with Gasteiger partial charge in [-0.2, -0.15) is 5.10 Å². The molecule has 0 aliphatic carbocycles. The Balaban J connectivity index is 1.56. The first-order valence-corrected chi connectivity index (χ1v) is 15.0. The van der Waals surface area contributed by atoms with Crippen LogP contribution >= 0.6 is 0 Å². The molecule has 0 saturated heterocycles. The third-order valence-corrected chi connectivity index (χ3v) is 8.81. The highest BCUT2D eigenvalue weighted by Crippen LogP contribution is 2.27. The zero-order chi connectivity index (χ0) is 31.3. The minimum Gasteiger partial charge on any atom is -0.497 e. The molecule has 1 heterocycles. The van der Waals surface area contributed by atoms with Crippen LogP contribution in [0.4, 0.5) is 11.4 Å². The lowest BCUT2D eigenvalue weighted by molar-refractivity contribution is -0.119. The van der Waals surface area contributed by atoms with Crippen molar-refractivity contribution in [1.29, 1.82) is 0 Å². The van der Waals surface area contributed by atoms with Crippen LogP contribution in [0.25, 0.3) is 5.69 Å². The molecule has 2 N–H and O–H groups in total. The second-order valence-corrected chi connectivity index (χ2v) is 12.0. The molecule has 0 fully saturated rings. The molecule has 4 rings (SSSR count). The maximum atomic E-state index is 13.7. The maximum Gasteiger partial charge on any atom is 0.264 e. The number of aromatic nitrogens is 1. The van der Waals surface area contributed by atoms with E-state index in [1.54, 1.807) is 30.5 Å². The minimum atomic E-state index is -4.17. The molecule has 0 aliphatic heterocycles. The molecule has 4 aromatic rings. The summed E-state index contributed by atoms with van der Waals surface area (Å²) in [4.78, 5) is 24.3. The zero-order valence-electron chi connectivity index (χ0n) is 25.0. The number of anilines is 2. The van der Waals surface area contributed by atoms with E-state index in [4.69, 9.17) is 4.74 Å². The predicted octanol–water partition coefficient (Wildman–Crippen LogP) is 5.02. The van der Waals surface area contributed by atoms with Gasteiger partial charge in [0.25, 0.3) is 15.9 Å². The Bertz CT molecular complexity index is 1780. The monoisotopic (exact) mass is 601 g/mol. The Hall–Kier alpha value is -4.90. The number of rotatable bonds is 10. The molecule has 224 valence electrons. The van der Waals surface area contributed by atoms with Gasteiger partial charge in [0, 0.05) is 35.2 Å². The Morgan fingerprint density at radius 2 is 1.60 bits per heavy atom. The van der Waals surface area contributed by atoms with Gasteiger partial charge in [-0.15, -0.1) is 0 Å². The third-order valence-electron chi connectivity index (χ3n) is 7.02. The number of hydrogen-bond acceptors (Lipinski definition) is 6. The van der Waals surface area contributed by atoms with E-state index in [1.807, 2.05) is 19.9 Å². The molecule has 0 bridgehead atoms. The summed E-state index contributed by atoms with van der Waals surface area (Å²) in [7, 11) is -2.67. The molecular formula is C32H35N5O5S. The highest BCUT2D eigenvalue weighted by atomic mass is 32.2. The molecule has 2 amide bonds. The van der Waals surface area contributed by atoms with Gasteiger partial charge in [0.15, 0.2) is 0 Å². The molecule has 3 aromatic carbocycles.